The fraction of sp³-hybridized carbons (Fsp3) is 0.302. The van der Waals surface area contributed by atoms with Crippen molar-refractivity contribution >= 4 is 154 Å². The molecule has 127 heavy (non-hydrogen) atoms. The van der Waals surface area contributed by atoms with Crippen molar-refractivity contribution < 1.29 is 136 Å². The summed E-state index contributed by atoms with van der Waals surface area (Å²) in [5.41, 5.74) is 5.48. The summed E-state index contributed by atoms with van der Waals surface area (Å²) in [6.07, 6.45) is -10.7. The summed E-state index contributed by atoms with van der Waals surface area (Å²) in [7, 11) is 3.66. The largest absolute Gasteiger partial charge is 0.464 e. The van der Waals surface area contributed by atoms with Crippen LogP contribution in [0.4, 0.5) is 0 Å². The molecule has 3 saturated heterocycles. The zero-order valence-electron chi connectivity index (χ0n) is 68.4. The summed E-state index contributed by atoms with van der Waals surface area (Å²) in [4.78, 5) is 160. The van der Waals surface area contributed by atoms with E-state index in [1.165, 1.54) is 83.5 Å². The number of aliphatic hydroxyl groups is 7. The van der Waals surface area contributed by atoms with E-state index in [2.05, 4.69) is 44.1 Å². The second kappa shape index (κ2) is 40.3. The molecule has 0 spiro atoms. The zero-order chi connectivity index (χ0) is 90.9. The summed E-state index contributed by atoms with van der Waals surface area (Å²) < 4.78 is 58.0. The van der Waals surface area contributed by atoms with Gasteiger partial charge in [-0.15, -0.1) is 45.3 Å². The summed E-state index contributed by atoms with van der Waals surface area (Å²) in [6.45, 7) is 5.39. The summed E-state index contributed by atoms with van der Waals surface area (Å²) >= 11 is 4.33. The van der Waals surface area contributed by atoms with Crippen molar-refractivity contribution in [2.24, 2.45) is 0 Å². The minimum Gasteiger partial charge on any atom is -0.464 e. The van der Waals surface area contributed by atoms with Gasteiger partial charge in [0.1, 0.15) is 61.1 Å². The Hall–Kier alpha value is -12.7. The van der Waals surface area contributed by atoms with Crippen LogP contribution in [0.5, 0.6) is 0 Å². The van der Waals surface area contributed by atoms with Crippen molar-refractivity contribution in [1.82, 2.24) is 43.6 Å². The van der Waals surface area contributed by atoms with Crippen LogP contribution >= 0.6 is 45.3 Å². The molecule has 13 aromatic rings. The highest BCUT2D eigenvalue weighted by molar-refractivity contribution is 7.13. The van der Waals surface area contributed by atoms with Crippen LogP contribution < -0.4 is 0 Å². The number of nitrogens with zero attached hydrogens (tertiary/aromatic N) is 8. The molecule has 16 rings (SSSR count). The molecule has 9 aromatic heterocycles. The number of benzene rings is 4. The Labute approximate surface area is 735 Å². The second-order valence-corrected chi connectivity index (χ2v) is 32.0. The van der Waals surface area contributed by atoms with Crippen LogP contribution in [0.15, 0.2) is 168 Å². The van der Waals surface area contributed by atoms with Gasteiger partial charge in [-0.2, -0.15) is 0 Å². The number of aromatic nitrogens is 9. The Bertz CT molecular complexity index is 6090. The Morgan fingerprint density at radius 3 is 1.23 bits per heavy atom. The first-order valence-corrected chi connectivity index (χ1v) is 42.3. The molecular weight excluding hydrogens is 1740 g/mol. The average Bonchev–Trinajstić information content (AvgIpc) is 1.66. The van der Waals surface area contributed by atoms with Crippen LogP contribution in [0, 0.1) is 0 Å². The van der Waals surface area contributed by atoms with Gasteiger partial charge in [0.05, 0.1) is 78.5 Å². The number of thiazole rings is 4. The minimum atomic E-state index is -1.56. The fourth-order valence-corrected chi connectivity index (χ4v) is 17.5. The van der Waals surface area contributed by atoms with E-state index in [1.807, 2.05) is 47.8 Å². The predicted octanol–water partition coefficient (Wildman–Crippen LogP) is 7.88. The van der Waals surface area contributed by atoms with Gasteiger partial charge < -0.3 is 102 Å². The van der Waals surface area contributed by atoms with Crippen LogP contribution in [0.2, 0.25) is 0 Å². The molecular formula is C86H81N9O28S4. The molecule has 3 fully saturated rings. The predicted molar refractivity (Wildman–Crippen MR) is 452 cm³/mol. The number of carbonyl (C=O) groups excluding carboxylic acids is 11. The number of para-hydroxylation sites is 4. The number of ether oxygens (including phenoxy) is 10. The molecule has 0 radical (unpaired) electrons. The number of hydrogen-bond donors (Lipinski definition) is 8. The Morgan fingerprint density at radius 1 is 0.409 bits per heavy atom. The first-order chi connectivity index (χ1) is 61.0. The van der Waals surface area contributed by atoms with Crippen LogP contribution in [0.3, 0.4) is 0 Å². The number of nitrogens with one attached hydrogen (secondary N) is 1. The molecule has 3 aliphatic rings. The molecule has 8 N–H and O–H groups in total. The zero-order valence-corrected chi connectivity index (χ0v) is 71.6. The van der Waals surface area contributed by atoms with Crippen molar-refractivity contribution in [3.8, 4) is 11.4 Å². The van der Waals surface area contributed by atoms with Crippen LogP contribution in [-0.2, 0) is 66.5 Å². The molecule has 3 aliphatic heterocycles. The topological polar surface area (TPSA) is 517 Å². The van der Waals surface area contributed by atoms with Crippen molar-refractivity contribution in [2.75, 3.05) is 34.5 Å². The smallest absolute Gasteiger partial charge is 0.357 e. The number of H-pyrrole nitrogens is 1. The molecule has 0 bridgehead atoms. The lowest BCUT2D eigenvalue weighted by Gasteiger charge is -2.44. The van der Waals surface area contributed by atoms with Gasteiger partial charge in [-0.05, 0) is 42.8 Å². The molecule has 41 heteroatoms. The van der Waals surface area contributed by atoms with Crippen LogP contribution in [0.25, 0.3) is 55.0 Å². The van der Waals surface area contributed by atoms with Gasteiger partial charge in [0.2, 0.25) is 23.1 Å². The molecule has 37 nitrogen and oxygen atoms in total. The first-order valence-electron chi connectivity index (χ1n) is 38.8. The summed E-state index contributed by atoms with van der Waals surface area (Å²) in [5, 5.41) is 80.6. The lowest BCUT2D eigenvalue weighted by Crippen LogP contribution is -2.60. The Balaban J connectivity index is 0.000000148. The quantitative estimate of drug-likeness (QED) is 0.0182. The highest BCUT2D eigenvalue weighted by Crippen LogP contribution is 2.41. The molecule has 0 amide bonds. The van der Waals surface area contributed by atoms with E-state index in [9.17, 15) is 88.5 Å². The van der Waals surface area contributed by atoms with Gasteiger partial charge in [0.15, 0.2) is 74.1 Å². The summed E-state index contributed by atoms with van der Waals surface area (Å²) in [5.74, 6) is -6.34. The molecule has 0 saturated carbocycles. The maximum atomic E-state index is 13.6. The van der Waals surface area contributed by atoms with Crippen molar-refractivity contribution in [3.05, 3.63) is 227 Å². The SMILES string of the molecule is CCC1OC(n2cc(C(=O)c3nc(C(=O)OC)cs3)c3ccccc32)C(O)C(O)C1O.COC(=O)c1csc(C(=O)c2cn(C3OC(CO)C(O)C(O)C3O)c3ccccc23)n1.COC(=O)c1csc(C(=O)c2cn(C3OC(COC(C)=O)C(OC(C)=O)C(OC(C)=O)C3OC(C)=O)c3ccccc23)n1.O=C(c1nc(-c2ccccn2)cs1)c1c[nH]c2ccccc12. The number of aliphatic hydroxyl groups excluding tert-OH is 7. The third-order valence-corrected chi connectivity index (χ3v) is 23.8. The van der Waals surface area contributed by atoms with Crippen molar-refractivity contribution in [3.63, 3.8) is 0 Å². The van der Waals surface area contributed by atoms with E-state index in [0.29, 0.717) is 55.3 Å². The number of fused-ring (bicyclic) bond motifs is 4. The number of methoxy groups -OCH3 is 3. The normalized spacial score (nSPS) is 21.9. The number of esters is 7. The second-order valence-electron chi connectivity index (χ2n) is 28.6. The maximum absolute atomic E-state index is 13.6. The van der Waals surface area contributed by atoms with Crippen LogP contribution in [0.1, 0.15) is 153 Å². The van der Waals surface area contributed by atoms with Crippen molar-refractivity contribution in [1.29, 1.82) is 0 Å². The third-order valence-electron chi connectivity index (χ3n) is 20.4. The number of ketones is 4. The summed E-state index contributed by atoms with van der Waals surface area (Å²) in [6, 6.07) is 34.1. The Morgan fingerprint density at radius 2 is 0.795 bits per heavy atom. The first kappa shape index (κ1) is 92.0. The van der Waals surface area contributed by atoms with E-state index in [-0.39, 0.29) is 49.0 Å². The molecule has 662 valence electrons. The van der Waals surface area contributed by atoms with E-state index in [1.54, 1.807) is 96.7 Å². The number of aromatic amines is 1. The minimum absolute atomic E-state index is 0.0184. The monoisotopic (exact) mass is 1820 g/mol. The highest BCUT2D eigenvalue weighted by Gasteiger charge is 2.54. The van der Waals surface area contributed by atoms with E-state index >= 15 is 0 Å². The van der Waals surface area contributed by atoms with Crippen molar-refractivity contribution in [2.45, 2.75) is 133 Å². The lowest BCUT2D eigenvalue weighted by molar-refractivity contribution is -0.267. The number of hydrogen-bond acceptors (Lipinski definition) is 37. The van der Waals surface area contributed by atoms with Gasteiger partial charge >= 0.3 is 41.8 Å². The van der Waals surface area contributed by atoms with E-state index < -0.39 is 164 Å². The average molecular weight is 1820 g/mol. The molecule has 0 aliphatic carbocycles. The number of rotatable bonds is 22. The fourth-order valence-electron chi connectivity index (χ4n) is 14.5. The van der Waals surface area contributed by atoms with E-state index in [4.69, 9.17) is 33.2 Å². The molecule has 15 unspecified atom stereocenters. The maximum Gasteiger partial charge on any atom is 0.357 e. The van der Waals surface area contributed by atoms with Gasteiger partial charge in [-0.3, -0.25) is 43.3 Å². The van der Waals surface area contributed by atoms with Gasteiger partial charge in [0.25, 0.3) is 0 Å². The standard InChI is InChI=1S/C28H28N2O12S.C21H22N2O7S.C20H20N2O8S.C17H11N3OS/c1-13(31)38-11-21-23(39-14(2)32)24(40-15(3)33)25(41-16(4)34)27(42-21)30-10-18(17-8-6-7-9-20(17)30)22(35)26-29-19(12-43-26)28(36)37-5;1-3-14-16(25)17(26)18(27)20(30-14)23-8-11(10-6-4-5-7-13(10)23)15(24)19-22-12(9-31-19)21(28)29-2;1-29-20(28)11-8-31-18(21-11)14(24)10-6-22(12-5-3-2-4-9(10)12)19-17(27)16(26)15(25)13(7-23)30-19;21-16(12-9-19-13-6-2-1-5-11(12)13)17-20-15(10-22-17)14-7-3-4-8-18-14/h6-10,12,21,23-25,27H,11H2,1-5H3;4-9,14,16-18,20,25-27H,3H2,1-2H3;2-6,8,13,15-17,19,23,25-27H,7H2,1H3;1-10,19H. The number of pyridine rings is 1. The Kier molecular flexibility index (Phi) is 29.2. The highest BCUT2D eigenvalue weighted by atomic mass is 32.1. The number of carbonyl (C=O) groups is 11. The molecule has 15 atom stereocenters. The molecule has 4 aromatic carbocycles. The van der Waals surface area contributed by atoms with Gasteiger partial charge in [-0.25, -0.2) is 34.3 Å². The lowest BCUT2D eigenvalue weighted by atomic mass is 9.96. The van der Waals surface area contributed by atoms with E-state index in [0.717, 1.165) is 77.1 Å². The van der Waals surface area contributed by atoms with Gasteiger partial charge in [-0.1, -0.05) is 85.8 Å². The van der Waals surface area contributed by atoms with Gasteiger partial charge in [0, 0.05) is 107 Å². The van der Waals surface area contributed by atoms with Crippen LogP contribution in [-0.4, -0.2) is 252 Å². The third kappa shape index (κ3) is 19.6. The molecule has 12 heterocycles.